The Hall–Kier alpha value is -1.77. The molecule has 0 radical (unpaired) electrons. The monoisotopic (exact) mass is 372 g/mol. The van der Waals surface area contributed by atoms with E-state index in [2.05, 4.69) is 22.6 Å². The Morgan fingerprint density at radius 1 is 1.21 bits per heavy atom. The number of barbiturate groups is 1. The van der Waals surface area contributed by atoms with Crippen molar-refractivity contribution in [1.29, 1.82) is 0 Å². The number of halogens is 1. The van der Waals surface area contributed by atoms with Gasteiger partial charge in [0.1, 0.15) is 0 Å². The summed E-state index contributed by atoms with van der Waals surface area (Å²) >= 11 is 2.08. The average Bonchev–Trinajstić information content (AvgIpc) is 2.30. The van der Waals surface area contributed by atoms with Gasteiger partial charge in [-0.3, -0.25) is 19.7 Å². The van der Waals surface area contributed by atoms with Crippen molar-refractivity contribution in [1.82, 2.24) is 5.32 Å². The number of imide groups is 2. The molecule has 1 fully saturated rings. The lowest BCUT2D eigenvalue weighted by Crippen LogP contribution is -2.59. The maximum absolute atomic E-state index is 12.1. The van der Waals surface area contributed by atoms with Crippen molar-refractivity contribution in [3.8, 4) is 0 Å². The van der Waals surface area contributed by atoms with Crippen LogP contribution in [-0.4, -0.2) is 23.6 Å². The molecule has 1 aliphatic rings. The molecule has 0 aliphatic carbocycles. The minimum atomic E-state index is -1.46. The van der Waals surface area contributed by atoms with Gasteiger partial charge in [-0.15, -0.1) is 0 Å². The van der Waals surface area contributed by atoms with Gasteiger partial charge in [0.15, 0.2) is 11.7 Å². The van der Waals surface area contributed by atoms with Crippen LogP contribution >= 0.6 is 22.6 Å². The lowest BCUT2D eigenvalue weighted by atomic mass is 10.0. The van der Waals surface area contributed by atoms with Crippen molar-refractivity contribution in [2.24, 2.45) is 5.92 Å². The number of ketones is 1. The van der Waals surface area contributed by atoms with Crippen molar-refractivity contribution < 1.29 is 19.2 Å². The van der Waals surface area contributed by atoms with E-state index in [1.807, 2.05) is 5.32 Å². The third-order valence-corrected chi connectivity index (χ3v) is 3.37. The summed E-state index contributed by atoms with van der Waals surface area (Å²) in [5.74, 6) is -3.74. The van der Waals surface area contributed by atoms with Gasteiger partial charge in [-0.1, -0.05) is 0 Å². The molecule has 0 aromatic heterocycles. The van der Waals surface area contributed by atoms with Gasteiger partial charge < -0.3 is 0 Å². The van der Waals surface area contributed by atoms with Gasteiger partial charge in [0.05, 0.1) is 5.69 Å². The van der Waals surface area contributed by atoms with Crippen molar-refractivity contribution in [3.05, 3.63) is 27.8 Å². The highest BCUT2D eigenvalue weighted by atomic mass is 127. The Bertz CT molecular complexity index is 582. The molecule has 1 aromatic carbocycles. The van der Waals surface area contributed by atoms with Crippen LogP contribution < -0.4 is 10.2 Å². The molecule has 98 valence electrons. The summed E-state index contributed by atoms with van der Waals surface area (Å²) in [5.41, 5.74) is 0.321. The number of urea groups is 1. The van der Waals surface area contributed by atoms with E-state index in [9.17, 15) is 19.2 Å². The third-order valence-electron chi connectivity index (χ3n) is 2.65. The van der Waals surface area contributed by atoms with Gasteiger partial charge in [0, 0.05) is 3.57 Å². The predicted molar refractivity (Wildman–Crippen MR) is 74.4 cm³/mol. The molecule has 1 unspecified atom stereocenters. The molecule has 1 atom stereocenters. The van der Waals surface area contributed by atoms with Crippen molar-refractivity contribution >= 4 is 51.9 Å². The van der Waals surface area contributed by atoms with E-state index in [4.69, 9.17) is 0 Å². The van der Waals surface area contributed by atoms with Crippen LogP contribution in [0.2, 0.25) is 0 Å². The Morgan fingerprint density at radius 3 is 2.32 bits per heavy atom. The minimum Gasteiger partial charge on any atom is -0.299 e. The maximum atomic E-state index is 12.1. The number of Topliss-reactive ketones (excluding diaryl/α,β-unsaturated/α-hetero) is 1. The molecule has 0 saturated carbocycles. The molecular weight excluding hydrogens is 363 g/mol. The normalized spacial score (nSPS) is 19.4. The smallest absolute Gasteiger partial charge is 0.299 e. The Labute approximate surface area is 122 Å². The Balaban J connectivity index is 2.41. The zero-order valence-corrected chi connectivity index (χ0v) is 12.0. The molecular formula is C12H9IN2O4. The van der Waals surface area contributed by atoms with Crippen LogP contribution in [0.15, 0.2) is 24.3 Å². The van der Waals surface area contributed by atoms with Gasteiger partial charge in [0.25, 0.3) is 5.91 Å². The lowest BCUT2D eigenvalue weighted by molar-refractivity contribution is -0.140. The van der Waals surface area contributed by atoms with Crippen LogP contribution in [0.3, 0.4) is 0 Å². The summed E-state index contributed by atoms with van der Waals surface area (Å²) in [6.07, 6.45) is 0. The quantitative estimate of drug-likeness (QED) is 0.622. The fraction of sp³-hybridized carbons (Fsp3) is 0.167. The van der Waals surface area contributed by atoms with Gasteiger partial charge in [-0.05, 0) is 53.8 Å². The van der Waals surface area contributed by atoms with E-state index in [0.29, 0.717) is 5.69 Å². The molecule has 1 N–H and O–H groups in total. The first kappa shape index (κ1) is 13.7. The number of amides is 4. The molecule has 6 nitrogen and oxygen atoms in total. The van der Waals surface area contributed by atoms with Crippen LogP contribution in [0, 0.1) is 9.49 Å². The average molecular weight is 372 g/mol. The van der Waals surface area contributed by atoms with E-state index in [-0.39, 0.29) is 0 Å². The van der Waals surface area contributed by atoms with Crippen molar-refractivity contribution in [3.63, 3.8) is 0 Å². The van der Waals surface area contributed by atoms with E-state index < -0.39 is 29.5 Å². The number of carbonyl (C=O) groups is 4. The summed E-state index contributed by atoms with van der Waals surface area (Å²) in [6.45, 7) is 1.14. The first-order valence-corrected chi connectivity index (χ1v) is 6.44. The van der Waals surface area contributed by atoms with E-state index in [1.54, 1.807) is 24.3 Å². The molecule has 7 heteroatoms. The van der Waals surface area contributed by atoms with E-state index in [1.165, 1.54) is 0 Å². The second-order valence-electron chi connectivity index (χ2n) is 3.99. The Kier molecular flexibility index (Phi) is 3.65. The lowest BCUT2D eigenvalue weighted by Gasteiger charge is -2.28. The number of nitrogens with zero attached hydrogens (tertiary/aromatic N) is 1. The number of carbonyl (C=O) groups excluding carboxylic acids is 4. The van der Waals surface area contributed by atoms with Gasteiger partial charge >= 0.3 is 6.03 Å². The standard InChI is InChI=1S/C12H9IN2O4/c1-6(16)9-10(17)14-12(19)15(11(9)18)8-4-2-7(13)3-5-8/h2-5,9H,1H3,(H,14,17,19). The van der Waals surface area contributed by atoms with Crippen LogP contribution in [-0.2, 0) is 14.4 Å². The number of rotatable bonds is 2. The van der Waals surface area contributed by atoms with Crippen molar-refractivity contribution in [2.45, 2.75) is 6.92 Å². The first-order chi connectivity index (χ1) is 8.91. The summed E-state index contributed by atoms with van der Waals surface area (Å²) in [7, 11) is 0. The maximum Gasteiger partial charge on any atom is 0.335 e. The summed E-state index contributed by atoms with van der Waals surface area (Å²) in [6, 6.07) is 5.75. The molecule has 4 amide bonds. The first-order valence-electron chi connectivity index (χ1n) is 5.36. The van der Waals surface area contributed by atoms with Crippen molar-refractivity contribution in [2.75, 3.05) is 4.90 Å². The van der Waals surface area contributed by atoms with Crippen LogP contribution in [0.4, 0.5) is 10.5 Å². The zero-order chi connectivity index (χ0) is 14.2. The fourth-order valence-electron chi connectivity index (χ4n) is 1.77. The van der Waals surface area contributed by atoms with Crippen LogP contribution in [0.5, 0.6) is 0 Å². The molecule has 1 aromatic rings. The van der Waals surface area contributed by atoms with Gasteiger partial charge in [-0.25, -0.2) is 9.69 Å². The molecule has 0 bridgehead atoms. The molecule has 19 heavy (non-hydrogen) atoms. The molecule has 2 rings (SSSR count). The van der Waals surface area contributed by atoms with Crippen LogP contribution in [0.1, 0.15) is 6.92 Å². The Morgan fingerprint density at radius 2 is 1.79 bits per heavy atom. The summed E-state index contributed by atoms with van der Waals surface area (Å²) in [5, 5.41) is 2.01. The number of benzene rings is 1. The summed E-state index contributed by atoms with van der Waals surface area (Å²) in [4.78, 5) is 47.5. The van der Waals surface area contributed by atoms with E-state index >= 15 is 0 Å². The van der Waals surface area contributed by atoms with Gasteiger partial charge in [-0.2, -0.15) is 0 Å². The number of anilines is 1. The van der Waals surface area contributed by atoms with E-state index in [0.717, 1.165) is 15.4 Å². The molecule has 0 spiro atoms. The highest BCUT2D eigenvalue weighted by Crippen LogP contribution is 2.22. The zero-order valence-electron chi connectivity index (χ0n) is 9.84. The number of nitrogens with one attached hydrogen (secondary N) is 1. The highest BCUT2D eigenvalue weighted by molar-refractivity contribution is 14.1. The second kappa shape index (κ2) is 5.08. The topological polar surface area (TPSA) is 83.6 Å². The van der Waals surface area contributed by atoms with Crippen LogP contribution in [0.25, 0.3) is 0 Å². The number of hydrogen-bond acceptors (Lipinski definition) is 4. The second-order valence-corrected chi connectivity index (χ2v) is 5.23. The largest absolute Gasteiger partial charge is 0.335 e. The molecule has 1 saturated heterocycles. The fourth-order valence-corrected chi connectivity index (χ4v) is 2.13. The third kappa shape index (κ3) is 2.50. The SMILES string of the molecule is CC(=O)C1C(=O)NC(=O)N(c2ccc(I)cc2)C1=O. The minimum absolute atomic E-state index is 0.321. The molecule has 1 aliphatic heterocycles. The molecule has 1 heterocycles. The van der Waals surface area contributed by atoms with Gasteiger partial charge in [0.2, 0.25) is 5.91 Å². The summed E-state index contributed by atoms with van der Waals surface area (Å²) < 4.78 is 0.936. The predicted octanol–water partition coefficient (Wildman–Crippen LogP) is 1.08. The number of hydrogen-bond donors (Lipinski definition) is 1. The highest BCUT2D eigenvalue weighted by Gasteiger charge is 2.43.